The summed E-state index contributed by atoms with van der Waals surface area (Å²) in [7, 11) is 1.84. The van der Waals surface area contributed by atoms with Crippen LogP contribution in [-0.4, -0.2) is 22.2 Å². The first-order valence-electron chi connectivity index (χ1n) is 5.93. The Morgan fingerprint density at radius 2 is 2.00 bits per heavy atom. The van der Waals surface area contributed by atoms with Crippen molar-refractivity contribution in [3.8, 4) is 0 Å². The second-order valence-corrected chi connectivity index (χ2v) is 3.94. The zero-order valence-electron chi connectivity index (χ0n) is 10.8. The molecule has 2 N–H and O–H groups in total. The van der Waals surface area contributed by atoms with Gasteiger partial charge in [0.05, 0.1) is 6.54 Å². The average Bonchev–Trinajstić information content (AvgIpc) is 2.81. The summed E-state index contributed by atoms with van der Waals surface area (Å²) in [6.45, 7) is 4.48. The molecular formula is C12H17N5O. The molecule has 0 aliphatic heterocycles. The molecule has 0 radical (unpaired) electrons. The lowest BCUT2D eigenvalue weighted by Gasteiger charge is -2.07. The van der Waals surface area contributed by atoms with E-state index in [0.29, 0.717) is 6.54 Å². The number of aromatic nitrogens is 3. The van der Waals surface area contributed by atoms with Gasteiger partial charge in [-0.1, -0.05) is 12.1 Å². The van der Waals surface area contributed by atoms with Gasteiger partial charge in [-0.05, 0) is 6.92 Å². The molecule has 0 aliphatic carbocycles. The van der Waals surface area contributed by atoms with Crippen LogP contribution >= 0.6 is 0 Å². The Morgan fingerprint density at radius 3 is 2.61 bits per heavy atom. The van der Waals surface area contributed by atoms with E-state index in [9.17, 15) is 0 Å². The van der Waals surface area contributed by atoms with Crippen LogP contribution in [0.25, 0.3) is 0 Å². The lowest BCUT2D eigenvalue weighted by atomic mass is 10.3. The normalized spacial score (nSPS) is 10.4. The second kappa shape index (κ2) is 5.48. The fourth-order valence-electron chi connectivity index (χ4n) is 1.56. The molecule has 0 saturated carbocycles. The predicted octanol–water partition coefficient (Wildman–Crippen LogP) is 1.99. The van der Waals surface area contributed by atoms with Crippen molar-refractivity contribution in [2.24, 2.45) is 0 Å². The fourth-order valence-corrected chi connectivity index (χ4v) is 1.56. The first-order chi connectivity index (χ1) is 8.71. The van der Waals surface area contributed by atoms with Crippen LogP contribution in [0.2, 0.25) is 0 Å². The molecule has 0 atom stereocenters. The van der Waals surface area contributed by atoms with E-state index in [0.717, 1.165) is 35.3 Å². The van der Waals surface area contributed by atoms with Crippen LogP contribution < -0.4 is 10.6 Å². The minimum absolute atomic E-state index is 0.584. The maximum atomic E-state index is 5.01. The minimum atomic E-state index is 0.584. The van der Waals surface area contributed by atoms with Gasteiger partial charge in [0.2, 0.25) is 0 Å². The summed E-state index contributed by atoms with van der Waals surface area (Å²) < 4.78 is 5.01. The Balaban J connectivity index is 2.08. The lowest BCUT2D eigenvalue weighted by Crippen LogP contribution is -2.06. The molecule has 0 unspecified atom stereocenters. The van der Waals surface area contributed by atoms with Crippen molar-refractivity contribution in [2.75, 3.05) is 17.7 Å². The third-order valence-corrected chi connectivity index (χ3v) is 2.47. The van der Waals surface area contributed by atoms with E-state index in [4.69, 9.17) is 4.52 Å². The lowest BCUT2D eigenvalue weighted by molar-refractivity contribution is 0.391. The second-order valence-electron chi connectivity index (χ2n) is 3.94. The molecule has 2 aromatic rings. The van der Waals surface area contributed by atoms with Crippen molar-refractivity contribution in [1.29, 1.82) is 0 Å². The van der Waals surface area contributed by atoms with E-state index in [1.165, 1.54) is 0 Å². The van der Waals surface area contributed by atoms with Gasteiger partial charge in [-0.2, -0.15) is 0 Å². The standard InChI is InChI=1S/C12H17N5O/c1-4-10-15-11(13-3)6-12(16-10)14-7-9-5-8(2)18-17-9/h5-6H,4,7H2,1-3H3,(H2,13,14,15,16). The number of nitrogens with zero attached hydrogens (tertiary/aromatic N) is 3. The number of hydrogen-bond donors (Lipinski definition) is 2. The third kappa shape index (κ3) is 2.97. The van der Waals surface area contributed by atoms with Gasteiger partial charge in [-0.25, -0.2) is 9.97 Å². The van der Waals surface area contributed by atoms with Gasteiger partial charge in [0, 0.05) is 25.6 Å². The Labute approximate surface area is 106 Å². The molecule has 0 bridgehead atoms. The molecule has 6 nitrogen and oxygen atoms in total. The quantitative estimate of drug-likeness (QED) is 0.841. The van der Waals surface area contributed by atoms with Gasteiger partial charge in [0.1, 0.15) is 28.9 Å². The van der Waals surface area contributed by atoms with Crippen molar-refractivity contribution < 1.29 is 4.52 Å². The first kappa shape index (κ1) is 12.3. The van der Waals surface area contributed by atoms with E-state index in [1.807, 2.05) is 33.0 Å². The topological polar surface area (TPSA) is 75.9 Å². The largest absolute Gasteiger partial charge is 0.373 e. The van der Waals surface area contributed by atoms with Crippen molar-refractivity contribution in [1.82, 2.24) is 15.1 Å². The molecule has 96 valence electrons. The van der Waals surface area contributed by atoms with E-state index in [-0.39, 0.29) is 0 Å². The molecule has 0 fully saturated rings. The number of anilines is 2. The van der Waals surface area contributed by atoms with E-state index < -0.39 is 0 Å². The van der Waals surface area contributed by atoms with Gasteiger partial charge in [-0.3, -0.25) is 0 Å². The summed E-state index contributed by atoms with van der Waals surface area (Å²) >= 11 is 0. The highest BCUT2D eigenvalue weighted by Crippen LogP contribution is 2.12. The van der Waals surface area contributed by atoms with Gasteiger partial charge in [0.15, 0.2) is 0 Å². The Bertz CT molecular complexity index is 501. The zero-order chi connectivity index (χ0) is 13.0. The van der Waals surface area contributed by atoms with Crippen LogP contribution in [0.1, 0.15) is 24.2 Å². The Morgan fingerprint density at radius 1 is 1.22 bits per heavy atom. The SMILES string of the molecule is CCc1nc(NC)cc(NCc2cc(C)on2)n1. The summed E-state index contributed by atoms with van der Waals surface area (Å²) in [4.78, 5) is 8.73. The maximum Gasteiger partial charge on any atom is 0.133 e. The Kier molecular flexibility index (Phi) is 3.76. The predicted molar refractivity (Wildman–Crippen MR) is 69.5 cm³/mol. The van der Waals surface area contributed by atoms with Gasteiger partial charge in [0.25, 0.3) is 0 Å². The summed E-state index contributed by atoms with van der Waals surface area (Å²) in [5.74, 6) is 3.20. The first-order valence-corrected chi connectivity index (χ1v) is 5.93. The van der Waals surface area contributed by atoms with Crippen LogP contribution in [0.5, 0.6) is 0 Å². The van der Waals surface area contributed by atoms with E-state index >= 15 is 0 Å². The molecule has 2 heterocycles. The van der Waals surface area contributed by atoms with Crippen molar-refractivity contribution in [3.63, 3.8) is 0 Å². The van der Waals surface area contributed by atoms with Crippen LogP contribution in [0.4, 0.5) is 11.6 Å². The maximum absolute atomic E-state index is 5.01. The summed E-state index contributed by atoms with van der Waals surface area (Å²) in [6, 6.07) is 3.76. The molecule has 6 heteroatoms. The van der Waals surface area contributed by atoms with Crippen molar-refractivity contribution in [3.05, 3.63) is 29.4 Å². The molecule has 0 amide bonds. The molecule has 2 rings (SSSR count). The summed E-state index contributed by atoms with van der Waals surface area (Å²) in [5, 5.41) is 10.1. The smallest absolute Gasteiger partial charge is 0.133 e. The van der Waals surface area contributed by atoms with Crippen LogP contribution in [0, 0.1) is 6.92 Å². The molecule has 0 aliphatic rings. The fraction of sp³-hybridized carbons (Fsp3) is 0.417. The highest BCUT2D eigenvalue weighted by atomic mass is 16.5. The Hall–Kier alpha value is -2.11. The monoisotopic (exact) mass is 247 g/mol. The molecule has 0 aromatic carbocycles. The van der Waals surface area contributed by atoms with Crippen LogP contribution in [-0.2, 0) is 13.0 Å². The van der Waals surface area contributed by atoms with E-state index in [1.54, 1.807) is 0 Å². The summed E-state index contributed by atoms with van der Waals surface area (Å²) in [5.41, 5.74) is 0.857. The summed E-state index contributed by atoms with van der Waals surface area (Å²) in [6.07, 6.45) is 0.799. The van der Waals surface area contributed by atoms with Gasteiger partial charge >= 0.3 is 0 Å². The van der Waals surface area contributed by atoms with Crippen molar-refractivity contribution in [2.45, 2.75) is 26.8 Å². The number of rotatable bonds is 5. The van der Waals surface area contributed by atoms with Gasteiger partial charge < -0.3 is 15.2 Å². The highest BCUT2D eigenvalue weighted by molar-refractivity contribution is 5.47. The molecule has 0 spiro atoms. The molecular weight excluding hydrogens is 230 g/mol. The number of hydrogen-bond acceptors (Lipinski definition) is 6. The molecule has 18 heavy (non-hydrogen) atoms. The molecule has 2 aromatic heterocycles. The molecule has 0 saturated heterocycles. The van der Waals surface area contributed by atoms with Crippen molar-refractivity contribution >= 4 is 11.6 Å². The van der Waals surface area contributed by atoms with E-state index in [2.05, 4.69) is 25.8 Å². The number of aryl methyl sites for hydroxylation is 2. The van der Waals surface area contributed by atoms with Gasteiger partial charge in [-0.15, -0.1) is 0 Å². The van der Waals surface area contributed by atoms with Crippen LogP contribution in [0.3, 0.4) is 0 Å². The number of nitrogens with one attached hydrogen (secondary N) is 2. The zero-order valence-corrected chi connectivity index (χ0v) is 10.8. The highest BCUT2D eigenvalue weighted by Gasteiger charge is 2.04. The average molecular weight is 247 g/mol. The minimum Gasteiger partial charge on any atom is -0.373 e. The van der Waals surface area contributed by atoms with Crippen LogP contribution in [0.15, 0.2) is 16.7 Å². The third-order valence-electron chi connectivity index (χ3n) is 2.47.